The molecule has 1 heterocycles. The van der Waals surface area contributed by atoms with Gasteiger partial charge in [-0.2, -0.15) is 0 Å². The highest BCUT2D eigenvalue weighted by Gasteiger charge is 2.00. The molecule has 0 aliphatic carbocycles. The first kappa shape index (κ1) is 17.8. The van der Waals surface area contributed by atoms with Crippen LogP contribution in [0.2, 0.25) is 0 Å². The Kier molecular flexibility index (Phi) is 7.14. The molecule has 0 saturated carbocycles. The molecule has 2 N–H and O–H groups in total. The van der Waals surface area contributed by atoms with Gasteiger partial charge in [-0.25, -0.2) is 4.98 Å². The van der Waals surface area contributed by atoms with Crippen LogP contribution in [0, 0.1) is 6.92 Å². The minimum Gasteiger partial charge on any atom is -0.497 e. The average Bonchev–Trinajstić information content (AvgIpc) is 3.02. The lowest BCUT2D eigenvalue weighted by molar-refractivity contribution is 0.414. The average molecular weight is 329 g/mol. The molecule has 0 amide bonds. The van der Waals surface area contributed by atoms with Gasteiger partial charge in [0.2, 0.25) is 0 Å². The summed E-state index contributed by atoms with van der Waals surface area (Å²) in [5, 5.41) is 6.67. The van der Waals surface area contributed by atoms with Gasteiger partial charge in [0.1, 0.15) is 11.6 Å². The highest BCUT2D eigenvalue weighted by atomic mass is 16.5. The zero-order chi connectivity index (χ0) is 17.2. The second kappa shape index (κ2) is 9.60. The first-order valence-corrected chi connectivity index (χ1v) is 8.28. The summed E-state index contributed by atoms with van der Waals surface area (Å²) in [6.45, 7) is 4.67. The maximum atomic E-state index is 5.16. The quantitative estimate of drug-likeness (QED) is 0.443. The Morgan fingerprint density at radius 3 is 2.62 bits per heavy atom. The van der Waals surface area contributed by atoms with Gasteiger partial charge >= 0.3 is 0 Å². The van der Waals surface area contributed by atoms with Gasteiger partial charge in [0.05, 0.1) is 7.11 Å². The fraction of sp³-hybridized carbons (Fsp3) is 0.444. The number of unbranched alkanes of at least 4 members (excludes halogenated alkanes) is 1. The Morgan fingerprint density at radius 1 is 1.21 bits per heavy atom. The number of rotatable bonds is 8. The topological polar surface area (TPSA) is 63.5 Å². The summed E-state index contributed by atoms with van der Waals surface area (Å²) in [6, 6.07) is 8.02. The summed E-state index contributed by atoms with van der Waals surface area (Å²) >= 11 is 0. The number of hydrogen-bond donors (Lipinski definition) is 2. The molecule has 6 nitrogen and oxygen atoms in total. The van der Waals surface area contributed by atoms with E-state index in [0.717, 1.165) is 50.0 Å². The minimum atomic E-state index is 0.734. The van der Waals surface area contributed by atoms with Crippen LogP contribution in [0.3, 0.4) is 0 Å². The second-order valence-corrected chi connectivity index (χ2v) is 5.58. The Balaban J connectivity index is 1.64. The number of nitrogens with one attached hydrogen (secondary N) is 2. The van der Waals surface area contributed by atoms with E-state index < -0.39 is 0 Å². The molecule has 0 unspecified atom stereocenters. The van der Waals surface area contributed by atoms with Crippen LogP contribution in [0.5, 0.6) is 5.75 Å². The van der Waals surface area contributed by atoms with Crippen LogP contribution >= 0.6 is 0 Å². The zero-order valence-electron chi connectivity index (χ0n) is 14.7. The highest BCUT2D eigenvalue weighted by molar-refractivity contribution is 5.79. The van der Waals surface area contributed by atoms with Crippen molar-refractivity contribution < 1.29 is 4.74 Å². The van der Waals surface area contributed by atoms with E-state index in [-0.39, 0.29) is 0 Å². The van der Waals surface area contributed by atoms with Crippen molar-refractivity contribution in [2.75, 3.05) is 20.7 Å². The van der Waals surface area contributed by atoms with E-state index in [9.17, 15) is 0 Å². The number of hydrogen-bond acceptors (Lipinski definition) is 3. The number of aliphatic imine (C=N–C) groups is 1. The van der Waals surface area contributed by atoms with Gasteiger partial charge in [0.25, 0.3) is 0 Å². The molecule has 0 fully saturated rings. The standard InChI is InChI=1S/C18H27N5O/c1-15-20-11-13-23(15)12-5-4-10-21-18(19-2)22-14-16-6-8-17(24-3)9-7-16/h6-9,11,13H,4-5,10,12,14H2,1-3H3,(H2,19,21,22). The van der Waals surface area contributed by atoms with Gasteiger partial charge in [-0.3, -0.25) is 4.99 Å². The maximum absolute atomic E-state index is 5.16. The summed E-state index contributed by atoms with van der Waals surface area (Å²) in [4.78, 5) is 8.48. The predicted octanol–water partition coefficient (Wildman–Crippen LogP) is 2.35. The molecule has 6 heteroatoms. The number of methoxy groups -OCH3 is 1. The number of ether oxygens (including phenoxy) is 1. The number of aryl methyl sites for hydroxylation is 2. The van der Waals surface area contributed by atoms with Gasteiger partial charge in [-0.05, 0) is 37.5 Å². The molecule has 24 heavy (non-hydrogen) atoms. The lowest BCUT2D eigenvalue weighted by atomic mass is 10.2. The largest absolute Gasteiger partial charge is 0.497 e. The van der Waals surface area contributed by atoms with Crippen LogP contribution in [-0.4, -0.2) is 36.2 Å². The Bertz CT molecular complexity index is 633. The number of guanidine groups is 1. The van der Waals surface area contributed by atoms with Crippen LogP contribution in [0.15, 0.2) is 41.7 Å². The van der Waals surface area contributed by atoms with Crippen molar-refractivity contribution in [1.82, 2.24) is 20.2 Å². The molecular formula is C18H27N5O. The van der Waals surface area contributed by atoms with Crippen molar-refractivity contribution >= 4 is 5.96 Å². The van der Waals surface area contributed by atoms with Crippen LogP contribution < -0.4 is 15.4 Å². The SMILES string of the molecule is CN=C(NCCCCn1ccnc1C)NCc1ccc(OC)cc1. The number of benzene rings is 1. The molecule has 2 rings (SSSR count). The first-order valence-electron chi connectivity index (χ1n) is 8.28. The predicted molar refractivity (Wildman–Crippen MR) is 97.4 cm³/mol. The second-order valence-electron chi connectivity index (χ2n) is 5.58. The summed E-state index contributed by atoms with van der Waals surface area (Å²) in [5.74, 6) is 2.76. The summed E-state index contributed by atoms with van der Waals surface area (Å²) < 4.78 is 7.34. The third-order valence-electron chi connectivity index (χ3n) is 3.88. The highest BCUT2D eigenvalue weighted by Crippen LogP contribution is 2.10. The van der Waals surface area contributed by atoms with Gasteiger partial charge in [0.15, 0.2) is 5.96 Å². The number of imidazole rings is 1. The molecule has 0 bridgehead atoms. The maximum Gasteiger partial charge on any atom is 0.191 e. The molecule has 0 spiro atoms. The summed E-state index contributed by atoms with van der Waals surface area (Å²) in [5.41, 5.74) is 1.19. The monoisotopic (exact) mass is 329 g/mol. The zero-order valence-corrected chi connectivity index (χ0v) is 14.7. The van der Waals surface area contributed by atoms with E-state index in [1.165, 1.54) is 5.56 Å². The van der Waals surface area contributed by atoms with Crippen molar-refractivity contribution in [3.05, 3.63) is 48.0 Å². The lowest BCUT2D eigenvalue weighted by Gasteiger charge is -2.12. The molecule has 0 aliphatic heterocycles. The lowest BCUT2D eigenvalue weighted by Crippen LogP contribution is -2.37. The van der Waals surface area contributed by atoms with Gasteiger partial charge in [0, 0.05) is 39.1 Å². The summed E-state index contributed by atoms with van der Waals surface area (Å²) in [6.07, 6.45) is 6.07. The number of aromatic nitrogens is 2. The van der Waals surface area contributed by atoms with Crippen molar-refractivity contribution in [2.24, 2.45) is 4.99 Å². The van der Waals surface area contributed by atoms with Gasteiger partial charge in [-0.15, -0.1) is 0 Å². The fourth-order valence-corrected chi connectivity index (χ4v) is 2.40. The van der Waals surface area contributed by atoms with Crippen LogP contribution in [0.1, 0.15) is 24.2 Å². The Hall–Kier alpha value is -2.50. The van der Waals surface area contributed by atoms with E-state index in [2.05, 4.69) is 25.2 Å². The van der Waals surface area contributed by atoms with E-state index in [1.807, 2.05) is 43.6 Å². The van der Waals surface area contributed by atoms with E-state index in [4.69, 9.17) is 4.74 Å². The Morgan fingerprint density at radius 2 is 2.00 bits per heavy atom. The van der Waals surface area contributed by atoms with Crippen molar-refractivity contribution in [3.8, 4) is 5.75 Å². The van der Waals surface area contributed by atoms with E-state index in [1.54, 1.807) is 14.2 Å². The van der Waals surface area contributed by atoms with Crippen LogP contribution in [-0.2, 0) is 13.1 Å². The van der Waals surface area contributed by atoms with Crippen molar-refractivity contribution in [1.29, 1.82) is 0 Å². The molecular weight excluding hydrogens is 302 g/mol. The Labute approximate surface area is 144 Å². The van der Waals surface area contributed by atoms with Gasteiger partial charge < -0.3 is 19.9 Å². The van der Waals surface area contributed by atoms with E-state index in [0.29, 0.717) is 0 Å². The normalized spacial score (nSPS) is 11.4. The van der Waals surface area contributed by atoms with Gasteiger partial charge in [-0.1, -0.05) is 12.1 Å². The fourth-order valence-electron chi connectivity index (χ4n) is 2.40. The van der Waals surface area contributed by atoms with Crippen LogP contribution in [0.25, 0.3) is 0 Å². The summed E-state index contributed by atoms with van der Waals surface area (Å²) in [7, 11) is 3.46. The number of nitrogens with zero attached hydrogens (tertiary/aromatic N) is 3. The van der Waals surface area contributed by atoms with Crippen molar-refractivity contribution in [2.45, 2.75) is 32.9 Å². The van der Waals surface area contributed by atoms with Crippen LogP contribution in [0.4, 0.5) is 0 Å². The molecule has 0 aliphatic rings. The molecule has 1 aromatic heterocycles. The molecule has 0 radical (unpaired) electrons. The molecule has 130 valence electrons. The minimum absolute atomic E-state index is 0.734. The molecule has 1 aromatic carbocycles. The smallest absolute Gasteiger partial charge is 0.191 e. The molecule has 0 atom stereocenters. The third kappa shape index (κ3) is 5.61. The molecule has 2 aromatic rings. The first-order chi connectivity index (χ1) is 11.7. The van der Waals surface area contributed by atoms with E-state index >= 15 is 0 Å². The molecule has 0 saturated heterocycles. The third-order valence-corrected chi connectivity index (χ3v) is 3.88. The van der Waals surface area contributed by atoms with Crippen molar-refractivity contribution in [3.63, 3.8) is 0 Å².